The molecule has 3 atom stereocenters. The lowest BCUT2D eigenvalue weighted by molar-refractivity contribution is 0.246. The Bertz CT molecular complexity index is 140. The molecule has 0 aromatic rings. The molecule has 2 N–H and O–H groups in total. The number of rotatable bonds is 1. The van der Waals surface area contributed by atoms with E-state index in [1.165, 1.54) is 19.4 Å². The van der Waals surface area contributed by atoms with Gasteiger partial charge in [-0.15, -0.1) is 11.6 Å². The van der Waals surface area contributed by atoms with Gasteiger partial charge in [0.05, 0.1) is 6.17 Å². The Balaban J connectivity index is 1.91. The van der Waals surface area contributed by atoms with Gasteiger partial charge in [0, 0.05) is 12.4 Å². The Morgan fingerprint density at radius 3 is 3.09 bits per heavy atom. The summed E-state index contributed by atoms with van der Waals surface area (Å²) in [6, 6.07) is 0. The first-order valence-electron chi connectivity index (χ1n) is 4.43. The Morgan fingerprint density at radius 2 is 2.27 bits per heavy atom. The van der Waals surface area contributed by atoms with E-state index in [0.29, 0.717) is 12.1 Å². The van der Waals surface area contributed by atoms with Crippen LogP contribution in [0.5, 0.6) is 0 Å². The molecule has 3 unspecified atom stereocenters. The lowest BCUT2D eigenvalue weighted by Crippen LogP contribution is -2.48. The van der Waals surface area contributed by atoms with Gasteiger partial charge in [0.2, 0.25) is 0 Å². The molecule has 0 spiro atoms. The largest absolute Gasteiger partial charge is 0.302 e. The second-order valence-corrected chi connectivity index (χ2v) is 3.95. The molecule has 64 valence electrons. The maximum atomic E-state index is 5.81. The molecule has 0 saturated carbocycles. The zero-order valence-corrected chi connectivity index (χ0v) is 7.40. The molecule has 2 heterocycles. The second-order valence-electron chi connectivity index (χ2n) is 3.64. The van der Waals surface area contributed by atoms with Gasteiger partial charge in [-0.05, 0) is 31.2 Å². The highest BCUT2D eigenvalue weighted by molar-refractivity contribution is 6.18. The predicted octanol–water partition coefficient (Wildman–Crippen LogP) is 0.770. The number of piperidine rings is 1. The SMILES string of the molecule is ClCC1CNC2NCCC2C1. The van der Waals surface area contributed by atoms with E-state index in [1.807, 2.05) is 0 Å². The maximum absolute atomic E-state index is 5.81. The Kier molecular flexibility index (Phi) is 2.35. The minimum Gasteiger partial charge on any atom is -0.302 e. The van der Waals surface area contributed by atoms with Crippen LogP contribution in [0.25, 0.3) is 0 Å². The van der Waals surface area contributed by atoms with Crippen LogP contribution in [0.2, 0.25) is 0 Å². The fraction of sp³-hybridized carbons (Fsp3) is 1.00. The molecule has 0 bridgehead atoms. The predicted molar refractivity (Wildman–Crippen MR) is 46.7 cm³/mol. The van der Waals surface area contributed by atoms with Crippen molar-refractivity contribution in [3.63, 3.8) is 0 Å². The molecule has 2 aliphatic heterocycles. The highest BCUT2D eigenvalue weighted by atomic mass is 35.5. The second kappa shape index (κ2) is 3.30. The highest BCUT2D eigenvalue weighted by Gasteiger charge is 2.32. The summed E-state index contributed by atoms with van der Waals surface area (Å²) in [6.45, 7) is 2.27. The summed E-state index contributed by atoms with van der Waals surface area (Å²) in [5.41, 5.74) is 0. The highest BCUT2D eigenvalue weighted by Crippen LogP contribution is 2.26. The molecular weight excluding hydrogens is 160 g/mol. The first-order chi connectivity index (χ1) is 5.40. The third-order valence-corrected chi connectivity index (χ3v) is 3.27. The van der Waals surface area contributed by atoms with E-state index >= 15 is 0 Å². The molecule has 0 aliphatic carbocycles. The molecule has 2 fully saturated rings. The zero-order valence-electron chi connectivity index (χ0n) is 6.65. The average Bonchev–Trinajstić information content (AvgIpc) is 2.50. The molecule has 11 heavy (non-hydrogen) atoms. The minimum atomic E-state index is 0.592. The Hall–Kier alpha value is 0.210. The van der Waals surface area contributed by atoms with Crippen molar-refractivity contribution in [3.8, 4) is 0 Å². The average molecular weight is 175 g/mol. The zero-order chi connectivity index (χ0) is 7.68. The fourth-order valence-electron chi connectivity index (χ4n) is 2.17. The van der Waals surface area contributed by atoms with E-state index in [9.17, 15) is 0 Å². The third kappa shape index (κ3) is 1.53. The van der Waals surface area contributed by atoms with Crippen LogP contribution in [0, 0.1) is 11.8 Å². The maximum Gasteiger partial charge on any atom is 0.0601 e. The van der Waals surface area contributed by atoms with Gasteiger partial charge in [-0.1, -0.05) is 0 Å². The van der Waals surface area contributed by atoms with Crippen LogP contribution in [-0.2, 0) is 0 Å². The van der Waals surface area contributed by atoms with E-state index in [-0.39, 0.29) is 0 Å². The molecule has 2 aliphatic rings. The number of alkyl halides is 1. The van der Waals surface area contributed by atoms with Crippen LogP contribution in [0.4, 0.5) is 0 Å². The molecule has 0 amide bonds. The summed E-state index contributed by atoms with van der Waals surface area (Å²) in [5.74, 6) is 2.36. The van der Waals surface area contributed by atoms with Crippen molar-refractivity contribution < 1.29 is 0 Å². The first-order valence-corrected chi connectivity index (χ1v) is 4.96. The summed E-state index contributed by atoms with van der Waals surface area (Å²) < 4.78 is 0. The van der Waals surface area contributed by atoms with E-state index in [0.717, 1.165) is 18.3 Å². The Morgan fingerprint density at radius 1 is 1.36 bits per heavy atom. The molecule has 2 nitrogen and oxygen atoms in total. The van der Waals surface area contributed by atoms with Crippen LogP contribution >= 0.6 is 11.6 Å². The molecule has 0 aromatic heterocycles. The molecule has 2 rings (SSSR count). The number of halogens is 1. The summed E-state index contributed by atoms with van der Waals surface area (Å²) in [5, 5.41) is 6.94. The van der Waals surface area contributed by atoms with Gasteiger partial charge < -0.3 is 10.6 Å². The normalized spacial score (nSPS) is 43.9. The van der Waals surface area contributed by atoms with Gasteiger partial charge in [-0.2, -0.15) is 0 Å². The summed E-state index contributed by atoms with van der Waals surface area (Å²) >= 11 is 5.81. The van der Waals surface area contributed by atoms with Crippen LogP contribution in [0.3, 0.4) is 0 Å². The van der Waals surface area contributed by atoms with Crippen LogP contribution in [0.15, 0.2) is 0 Å². The van der Waals surface area contributed by atoms with Crippen molar-refractivity contribution in [1.29, 1.82) is 0 Å². The van der Waals surface area contributed by atoms with Crippen LogP contribution in [-0.4, -0.2) is 25.1 Å². The monoisotopic (exact) mass is 174 g/mol. The van der Waals surface area contributed by atoms with Crippen molar-refractivity contribution in [2.45, 2.75) is 19.0 Å². The lowest BCUT2D eigenvalue weighted by atomic mass is 9.89. The van der Waals surface area contributed by atoms with Gasteiger partial charge in [0.15, 0.2) is 0 Å². The minimum absolute atomic E-state index is 0.592. The summed E-state index contributed by atoms with van der Waals surface area (Å²) in [7, 11) is 0. The summed E-state index contributed by atoms with van der Waals surface area (Å²) in [6.07, 6.45) is 3.23. The van der Waals surface area contributed by atoms with Crippen molar-refractivity contribution in [2.75, 3.05) is 19.0 Å². The van der Waals surface area contributed by atoms with Gasteiger partial charge in [0.25, 0.3) is 0 Å². The smallest absolute Gasteiger partial charge is 0.0601 e. The number of nitrogens with one attached hydrogen (secondary N) is 2. The number of fused-ring (bicyclic) bond motifs is 1. The van der Waals surface area contributed by atoms with E-state index in [1.54, 1.807) is 0 Å². The topological polar surface area (TPSA) is 24.1 Å². The number of hydrogen-bond acceptors (Lipinski definition) is 2. The molecule has 0 aromatic carbocycles. The quantitative estimate of drug-likeness (QED) is 0.574. The third-order valence-electron chi connectivity index (χ3n) is 2.83. The summed E-state index contributed by atoms with van der Waals surface area (Å²) in [4.78, 5) is 0. The molecular formula is C8H15ClN2. The van der Waals surface area contributed by atoms with Crippen molar-refractivity contribution in [1.82, 2.24) is 10.6 Å². The number of hydrogen-bond donors (Lipinski definition) is 2. The van der Waals surface area contributed by atoms with Crippen LogP contribution < -0.4 is 10.6 Å². The molecule has 0 radical (unpaired) electrons. The lowest BCUT2D eigenvalue weighted by Gasteiger charge is -2.31. The van der Waals surface area contributed by atoms with Gasteiger partial charge >= 0.3 is 0 Å². The van der Waals surface area contributed by atoms with Gasteiger partial charge in [-0.3, -0.25) is 0 Å². The van der Waals surface area contributed by atoms with Crippen molar-refractivity contribution in [3.05, 3.63) is 0 Å². The van der Waals surface area contributed by atoms with E-state index < -0.39 is 0 Å². The van der Waals surface area contributed by atoms with Crippen molar-refractivity contribution >= 4 is 11.6 Å². The Labute approximate surface area is 72.7 Å². The van der Waals surface area contributed by atoms with Gasteiger partial charge in [-0.25, -0.2) is 0 Å². The van der Waals surface area contributed by atoms with E-state index in [4.69, 9.17) is 11.6 Å². The molecule has 3 heteroatoms. The van der Waals surface area contributed by atoms with Gasteiger partial charge in [0.1, 0.15) is 0 Å². The molecule has 2 saturated heterocycles. The van der Waals surface area contributed by atoms with Crippen LogP contribution in [0.1, 0.15) is 12.8 Å². The standard InChI is InChI=1S/C8H15ClN2/c9-4-6-3-7-1-2-10-8(7)11-5-6/h6-8,10-11H,1-5H2. The van der Waals surface area contributed by atoms with Crippen molar-refractivity contribution in [2.24, 2.45) is 11.8 Å². The van der Waals surface area contributed by atoms with E-state index in [2.05, 4.69) is 10.6 Å². The fourth-order valence-corrected chi connectivity index (χ4v) is 2.41. The first kappa shape index (κ1) is 7.84.